The summed E-state index contributed by atoms with van der Waals surface area (Å²) in [5.41, 5.74) is 5.50. The van der Waals surface area contributed by atoms with Gasteiger partial charge in [0.15, 0.2) is 0 Å². The van der Waals surface area contributed by atoms with E-state index in [1.807, 2.05) is 0 Å². The van der Waals surface area contributed by atoms with Crippen LogP contribution in [-0.4, -0.2) is 22.2 Å². The quantitative estimate of drug-likeness (QED) is 0.569. The molecule has 82 valence electrons. The molecule has 3 N–H and O–H groups in total. The molecule has 0 spiro atoms. The lowest BCUT2D eigenvalue weighted by molar-refractivity contribution is -0.385. The summed E-state index contributed by atoms with van der Waals surface area (Å²) >= 11 is 0. The first-order chi connectivity index (χ1) is 6.96. The minimum Gasteiger partial charge on any atom is -0.394 e. The molecule has 0 amide bonds. The number of hydrogen-bond acceptors (Lipinski definition) is 4. The van der Waals surface area contributed by atoms with Gasteiger partial charge in [0.25, 0.3) is 5.69 Å². The molecule has 0 aliphatic heterocycles. The highest BCUT2D eigenvalue weighted by atomic mass is 16.6. The highest BCUT2D eigenvalue weighted by Gasteiger charge is 2.22. The maximum absolute atomic E-state index is 10.7. The molecule has 15 heavy (non-hydrogen) atoms. The number of nitrogens with two attached hydrogens (primary N) is 1. The normalized spacial score (nSPS) is 14.6. The molecule has 5 heteroatoms. The average molecular weight is 210 g/mol. The summed E-state index contributed by atoms with van der Waals surface area (Å²) in [6, 6.07) is 6.41. The van der Waals surface area contributed by atoms with Crippen molar-refractivity contribution in [3.8, 4) is 0 Å². The summed E-state index contributed by atoms with van der Waals surface area (Å²) in [5, 5.41) is 19.7. The van der Waals surface area contributed by atoms with Gasteiger partial charge >= 0.3 is 0 Å². The Balaban J connectivity index is 2.99. The molecule has 0 aliphatic rings. The third-order valence-electron chi connectivity index (χ3n) is 2.14. The Morgan fingerprint density at radius 1 is 1.53 bits per heavy atom. The van der Waals surface area contributed by atoms with Crippen molar-refractivity contribution < 1.29 is 10.0 Å². The number of nitro benzene ring substituents is 1. The largest absolute Gasteiger partial charge is 0.394 e. The predicted molar refractivity (Wildman–Crippen MR) is 56.5 cm³/mol. The predicted octanol–water partition coefficient (Wildman–Crippen LogP) is 0.847. The van der Waals surface area contributed by atoms with E-state index < -0.39 is 10.5 Å². The first kappa shape index (κ1) is 11.6. The van der Waals surface area contributed by atoms with E-state index >= 15 is 0 Å². The number of hydrogen-bond donors (Lipinski definition) is 2. The van der Waals surface area contributed by atoms with Crippen LogP contribution in [0.15, 0.2) is 24.3 Å². The van der Waals surface area contributed by atoms with Gasteiger partial charge in [-0.2, -0.15) is 0 Å². The maximum atomic E-state index is 10.7. The first-order valence-corrected chi connectivity index (χ1v) is 4.58. The van der Waals surface area contributed by atoms with Crippen LogP contribution in [0.3, 0.4) is 0 Å². The van der Waals surface area contributed by atoms with Gasteiger partial charge < -0.3 is 10.8 Å². The minimum absolute atomic E-state index is 0.0441. The lowest BCUT2D eigenvalue weighted by Crippen LogP contribution is -2.42. The topological polar surface area (TPSA) is 89.4 Å². The van der Waals surface area contributed by atoms with Gasteiger partial charge in [0, 0.05) is 17.2 Å². The second kappa shape index (κ2) is 4.37. The average Bonchev–Trinajstić information content (AvgIpc) is 2.18. The SMILES string of the molecule is CC(N)(CO)Cc1ccccc1[N+](=O)[O-]. The van der Waals surface area contributed by atoms with Crippen molar-refractivity contribution in [3.05, 3.63) is 39.9 Å². The van der Waals surface area contributed by atoms with Crippen molar-refractivity contribution in [1.82, 2.24) is 0 Å². The molecule has 0 fully saturated rings. The summed E-state index contributed by atoms with van der Waals surface area (Å²) in [7, 11) is 0. The monoisotopic (exact) mass is 210 g/mol. The van der Waals surface area contributed by atoms with E-state index in [9.17, 15) is 10.1 Å². The third kappa shape index (κ3) is 3.00. The van der Waals surface area contributed by atoms with Crippen LogP contribution >= 0.6 is 0 Å². The molecule has 0 heterocycles. The van der Waals surface area contributed by atoms with Crippen molar-refractivity contribution in [1.29, 1.82) is 0 Å². The van der Waals surface area contributed by atoms with E-state index in [0.717, 1.165) is 0 Å². The molecule has 1 unspecified atom stereocenters. The lowest BCUT2D eigenvalue weighted by Gasteiger charge is -2.21. The van der Waals surface area contributed by atoms with Gasteiger partial charge in [0.1, 0.15) is 0 Å². The Morgan fingerprint density at radius 3 is 2.67 bits per heavy atom. The van der Waals surface area contributed by atoms with Gasteiger partial charge in [-0.1, -0.05) is 18.2 Å². The Hall–Kier alpha value is -1.46. The summed E-state index contributed by atoms with van der Waals surface area (Å²) < 4.78 is 0. The van der Waals surface area contributed by atoms with Crippen LogP contribution in [0.4, 0.5) is 5.69 Å². The Labute approximate surface area is 87.7 Å². The van der Waals surface area contributed by atoms with Crippen LogP contribution in [0, 0.1) is 10.1 Å². The third-order valence-corrected chi connectivity index (χ3v) is 2.14. The Morgan fingerprint density at radius 2 is 2.13 bits per heavy atom. The molecule has 1 aromatic rings. The Kier molecular flexibility index (Phi) is 3.39. The van der Waals surface area contributed by atoms with E-state index in [-0.39, 0.29) is 18.7 Å². The zero-order chi connectivity index (χ0) is 11.5. The van der Waals surface area contributed by atoms with E-state index in [0.29, 0.717) is 5.56 Å². The molecule has 0 aliphatic carbocycles. The molecule has 0 aromatic heterocycles. The summed E-state index contributed by atoms with van der Waals surface area (Å²) in [4.78, 5) is 10.3. The second-order valence-electron chi connectivity index (χ2n) is 3.87. The highest BCUT2D eigenvalue weighted by molar-refractivity contribution is 5.40. The lowest BCUT2D eigenvalue weighted by atomic mass is 9.94. The summed E-state index contributed by atoms with van der Waals surface area (Å²) in [6.45, 7) is 1.45. The van der Waals surface area contributed by atoms with E-state index in [4.69, 9.17) is 10.8 Å². The molecular formula is C10H14N2O3. The number of nitro groups is 1. The molecule has 1 aromatic carbocycles. The smallest absolute Gasteiger partial charge is 0.272 e. The van der Waals surface area contributed by atoms with Crippen molar-refractivity contribution >= 4 is 5.69 Å². The zero-order valence-electron chi connectivity index (χ0n) is 8.51. The first-order valence-electron chi connectivity index (χ1n) is 4.58. The minimum atomic E-state index is -0.827. The fourth-order valence-electron chi connectivity index (χ4n) is 1.33. The summed E-state index contributed by atoms with van der Waals surface area (Å²) in [6.07, 6.45) is 0.278. The number of aliphatic hydroxyl groups excluding tert-OH is 1. The second-order valence-corrected chi connectivity index (χ2v) is 3.87. The molecule has 1 rings (SSSR count). The van der Waals surface area contributed by atoms with Crippen LogP contribution < -0.4 is 5.73 Å². The van der Waals surface area contributed by atoms with Gasteiger partial charge in [0.05, 0.1) is 11.5 Å². The fourth-order valence-corrected chi connectivity index (χ4v) is 1.33. The fraction of sp³-hybridized carbons (Fsp3) is 0.400. The van der Waals surface area contributed by atoms with Gasteiger partial charge in [0.2, 0.25) is 0 Å². The molecule has 0 saturated carbocycles. The van der Waals surface area contributed by atoms with Crippen molar-refractivity contribution in [2.24, 2.45) is 5.73 Å². The van der Waals surface area contributed by atoms with Crippen molar-refractivity contribution in [2.75, 3.05) is 6.61 Å². The molecule has 0 bridgehead atoms. The van der Waals surface area contributed by atoms with Crippen LogP contribution in [0.2, 0.25) is 0 Å². The van der Waals surface area contributed by atoms with E-state index in [1.54, 1.807) is 25.1 Å². The highest BCUT2D eigenvalue weighted by Crippen LogP contribution is 2.21. The van der Waals surface area contributed by atoms with E-state index in [2.05, 4.69) is 0 Å². The Bertz CT molecular complexity index is 363. The van der Waals surface area contributed by atoms with Crippen LogP contribution in [0.25, 0.3) is 0 Å². The van der Waals surface area contributed by atoms with Crippen molar-refractivity contribution in [2.45, 2.75) is 18.9 Å². The molecule has 0 saturated heterocycles. The maximum Gasteiger partial charge on any atom is 0.272 e. The van der Waals surface area contributed by atoms with Crippen molar-refractivity contribution in [3.63, 3.8) is 0 Å². The van der Waals surface area contributed by atoms with Gasteiger partial charge in [-0.05, 0) is 13.3 Å². The van der Waals surface area contributed by atoms with Gasteiger partial charge in [-0.25, -0.2) is 0 Å². The van der Waals surface area contributed by atoms with Crippen LogP contribution in [-0.2, 0) is 6.42 Å². The molecule has 5 nitrogen and oxygen atoms in total. The number of benzene rings is 1. The number of para-hydroxylation sites is 1. The van der Waals surface area contributed by atoms with Gasteiger partial charge in [-0.15, -0.1) is 0 Å². The zero-order valence-corrected chi connectivity index (χ0v) is 8.51. The van der Waals surface area contributed by atoms with Crippen LogP contribution in [0.1, 0.15) is 12.5 Å². The number of aliphatic hydroxyl groups is 1. The number of rotatable bonds is 4. The molecule has 0 radical (unpaired) electrons. The number of nitrogens with zero attached hydrogens (tertiary/aromatic N) is 1. The molecule has 1 atom stereocenters. The van der Waals surface area contributed by atoms with Gasteiger partial charge in [-0.3, -0.25) is 10.1 Å². The summed E-state index contributed by atoms with van der Waals surface area (Å²) in [5.74, 6) is 0. The standard InChI is InChI=1S/C10H14N2O3/c1-10(11,7-13)6-8-4-2-3-5-9(8)12(14)15/h2-5,13H,6-7,11H2,1H3. The van der Waals surface area contributed by atoms with Crippen LogP contribution in [0.5, 0.6) is 0 Å². The van der Waals surface area contributed by atoms with E-state index in [1.165, 1.54) is 6.07 Å². The molecular weight excluding hydrogens is 196 g/mol.